The molecule has 1 aliphatic rings. The van der Waals surface area contributed by atoms with Crippen molar-refractivity contribution in [3.05, 3.63) is 58.7 Å². The van der Waals surface area contributed by atoms with Crippen LogP contribution in [0.15, 0.2) is 36.4 Å². The van der Waals surface area contributed by atoms with E-state index in [1.165, 1.54) is 11.1 Å². The fraction of sp³-hybridized carbons (Fsp3) is 0.294. The van der Waals surface area contributed by atoms with Crippen molar-refractivity contribution >= 4 is 11.6 Å². The van der Waals surface area contributed by atoms with Crippen LogP contribution in [0.4, 0.5) is 0 Å². The lowest BCUT2D eigenvalue weighted by atomic mass is 9.99. The van der Waals surface area contributed by atoms with Gasteiger partial charge < -0.3 is 14.2 Å². The molecule has 1 atom stereocenters. The third-order valence-electron chi connectivity index (χ3n) is 3.76. The number of rotatable bonds is 4. The van der Waals surface area contributed by atoms with Crippen molar-refractivity contribution in [2.24, 2.45) is 0 Å². The van der Waals surface area contributed by atoms with Crippen LogP contribution >= 0.6 is 11.6 Å². The lowest BCUT2D eigenvalue weighted by molar-refractivity contribution is 0.134. The van der Waals surface area contributed by atoms with Crippen molar-refractivity contribution in [2.45, 2.75) is 18.6 Å². The first kappa shape index (κ1) is 14.2. The fourth-order valence-electron chi connectivity index (χ4n) is 2.65. The third kappa shape index (κ3) is 2.59. The van der Waals surface area contributed by atoms with Crippen molar-refractivity contribution in [1.29, 1.82) is 0 Å². The Kier molecular flexibility index (Phi) is 4.04. The predicted molar refractivity (Wildman–Crippen MR) is 82.2 cm³/mol. The van der Waals surface area contributed by atoms with Crippen LogP contribution in [0.5, 0.6) is 11.5 Å². The topological polar surface area (TPSA) is 27.7 Å². The molecule has 0 aliphatic carbocycles. The standard InChI is InChI=1S/C17H17ClO3/c1-19-14-4-3-5-15(20-2)16(14)17(18)11-6-7-12-9-21-10-13(12)8-11/h3-8,17H,9-10H2,1-2H3. The van der Waals surface area contributed by atoms with E-state index in [4.69, 9.17) is 25.8 Å². The Labute approximate surface area is 129 Å². The Balaban J connectivity index is 2.04. The number of hydrogen-bond donors (Lipinski definition) is 0. The molecule has 2 aromatic carbocycles. The normalized spacial score (nSPS) is 14.6. The second kappa shape index (κ2) is 5.96. The molecule has 2 aromatic rings. The van der Waals surface area contributed by atoms with E-state index in [-0.39, 0.29) is 5.38 Å². The van der Waals surface area contributed by atoms with E-state index in [1.54, 1.807) is 14.2 Å². The van der Waals surface area contributed by atoms with Crippen LogP contribution in [0.25, 0.3) is 0 Å². The number of fused-ring (bicyclic) bond motifs is 1. The molecule has 1 heterocycles. The average molecular weight is 305 g/mol. The van der Waals surface area contributed by atoms with Crippen LogP contribution in [0.1, 0.15) is 27.6 Å². The van der Waals surface area contributed by atoms with E-state index in [0.29, 0.717) is 13.2 Å². The molecule has 0 amide bonds. The first-order chi connectivity index (χ1) is 10.2. The van der Waals surface area contributed by atoms with E-state index in [9.17, 15) is 0 Å². The lowest BCUT2D eigenvalue weighted by Gasteiger charge is -2.18. The quantitative estimate of drug-likeness (QED) is 0.797. The smallest absolute Gasteiger partial charge is 0.127 e. The fourth-order valence-corrected chi connectivity index (χ4v) is 3.00. The van der Waals surface area contributed by atoms with E-state index >= 15 is 0 Å². The highest BCUT2D eigenvalue weighted by molar-refractivity contribution is 6.23. The summed E-state index contributed by atoms with van der Waals surface area (Å²) in [6, 6.07) is 11.9. The van der Waals surface area contributed by atoms with Crippen molar-refractivity contribution in [3.63, 3.8) is 0 Å². The molecule has 0 N–H and O–H groups in total. The molecule has 0 fully saturated rings. The van der Waals surface area contributed by atoms with Crippen LogP contribution in [0.3, 0.4) is 0 Å². The van der Waals surface area contributed by atoms with Crippen molar-refractivity contribution in [1.82, 2.24) is 0 Å². The molecule has 3 rings (SSSR count). The summed E-state index contributed by atoms with van der Waals surface area (Å²) in [7, 11) is 3.27. The summed E-state index contributed by atoms with van der Waals surface area (Å²) in [6.45, 7) is 1.33. The Hall–Kier alpha value is -1.71. The number of benzene rings is 2. The van der Waals surface area contributed by atoms with Crippen LogP contribution in [0.2, 0.25) is 0 Å². The van der Waals surface area contributed by atoms with Crippen molar-refractivity contribution < 1.29 is 14.2 Å². The summed E-state index contributed by atoms with van der Waals surface area (Å²) < 4.78 is 16.3. The molecule has 110 valence electrons. The van der Waals surface area contributed by atoms with Crippen LogP contribution < -0.4 is 9.47 Å². The monoisotopic (exact) mass is 304 g/mol. The van der Waals surface area contributed by atoms with Gasteiger partial charge in [-0.2, -0.15) is 0 Å². The molecule has 21 heavy (non-hydrogen) atoms. The van der Waals surface area contributed by atoms with E-state index < -0.39 is 0 Å². The van der Waals surface area contributed by atoms with Gasteiger partial charge in [-0.25, -0.2) is 0 Å². The molecule has 0 saturated heterocycles. The summed E-state index contributed by atoms with van der Waals surface area (Å²) in [6.07, 6.45) is 0. The highest BCUT2D eigenvalue weighted by Gasteiger charge is 2.22. The molecule has 1 aliphatic heterocycles. The number of halogens is 1. The van der Waals surface area contributed by atoms with E-state index in [1.807, 2.05) is 24.3 Å². The van der Waals surface area contributed by atoms with Gasteiger partial charge in [-0.05, 0) is 28.8 Å². The van der Waals surface area contributed by atoms with Gasteiger partial charge in [0.05, 0.1) is 38.4 Å². The molecule has 0 spiro atoms. The Morgan fingerprint density at radius 2 is 1.67 bits per heavy atom. The second-order valence-corrected chi connectivity index (χ2v) is 5.40. The first-order valence-electron chi connectivity index (χ1n) is 6.79. The molecule has 0 saturated carbocycles. The average Bonchev–Trinajstić information content (AvgIpc) is 3.00. The minimum absolute atomic E-state index is 0.331. The SMILES string of the molecule is COc1cccc(OC)c1C(Cl)c1ccc2c(c1)COC2. The minimum atomic E-state index is -0.331. The molecule has 1 unspecified atom stereocenters. The zero-order valence-electron chi connectivity index (χ0n) is 12.1. The van der Waals surface area contributed by atoms with Gasteiger partial charge in [0.2, 0.25) is 0 Å². The highest BCUT2D eigenvalue weighted by atomic mass is 35.5. The van der Waals surface area contributed by atoms with E-state index in [0.717, 1.165) is 22.6 Å². The van der Waals surface area contributed by atoms with Gasteiger partial charge >= 0.3 is 0 Å². The third-order valence-corrected chi connectivity index (χ3v) is 4.23. The number of alkyl halides is 1. The van der Waals surface area contributed by atoms with Gasteiger partial charge in [0.25, 0.3) is 0 Å². The zero-order chi connectivity index (χ0) is 14.8. The largest absolute Gasteiger partial charge is 0.496 e. The second-order valence-electron chi connectivity index (χ2n) is 4.96. The van der Waals surface area contributed by atoms with Gasteiger partial charge in [0.15, 0.2) is 0 Å². The van der Waals surface area contributed by atoms with Crippen LogP contribution in [-0.4, -0.2) is 14.2 Å². The Bertz CT molecular complexity index is 632. The molecule has 0 aromatic heterocycles. The maximum Gasteiger partial charge on any atom is 0.127 e. The predicted octanol–water partition coefficient (Wildman–Crippen LogP) is 4.06. The van der Waals surface area contributed by atoms with Gasteiger partial charge in [0, 0.05) is 0 Å². The van der Waals surface area contributed by atoms with Crippen LogP contribution in [0, 0.1) is 0 Å². The maximum absolute atomic E-state index is 6.70. The Morgan fingerprint density at radius 1 is 1.00 bits per heavy atom. The molecule has 4 heteroatoms. The minimum Gasteiger partial charge on any atom is -0.496 e. The van der Waals surface area contributed by atoms with Crippen LogP contribution in [-0.2, 0) is 18.0 Å². The molecular weight excluding hydrogens is 288 g/mol. The summed E-state index contributed by atoms with van der Waals surface area (Å²) in [4.78, 5) is 0. The molecule has 0 bridgehead atoms. The van der Waals surface area contributed by atoms with Crippen molar-refractivity contribution in [2.75, 3.05) is 14.2 Å². The maximum atomic E-state index is 6.70. The van der Waals surface area contributed by atoms with Gasteiger partial charge in [-0.3, -0.25) is 0 Å². The molecular formula is C17H17ClO3. The first-order valence-corrected chi connectivity index (χ1v) is 7.22. The number of hydrogen-bond acceptors (Lipinski definition) is 3. The van der Waals surface area contributed by atoms with E-state index in [2.05, 4.69) is 12.1 Å². The summed E-state index contributed by atoms with van der Waals surface area (Å²) in [5.41, 5.74) is 4.30. The summed E-state index contributed by atoms with van der Waals surface area (Å²) in [5.74, 6) is 1.46. The molecule has 3 nitrogen and oxygen atoms in total. The Morgan fingerprint density at radius 3 is 2.33 bits per heavy atom. The lowest BCUT2D eigenvalue weighted by Crippen LogP contribution is -2.01. The van der Waals surface area contributed by atoms with Crippen molar-refractivity contribution in [3.8, 4) is 11.5 Å². The highest BCUT2D eigenvalue weighted by Crippen LogP contribution is 2.41. The van der Waals surface area contributed by atoms with Gasteiger partial charge in [-0.1, -0.05) is 24.3 Å². The summed E-state index contributed by atoms with van der Waals surface area (Å²) in [5, 5.41) is -0.331. The zero-order valence-corrected chi connectivity index (χ0v) is 12.8. The number of ether oxygens (including phenoxy) is 3. The molecule has 0 radical (unpaired) electrons. The number of methoxy groups -OCH3 is 2. The van der Waals surface area contributed by atoms with Gasteiger partial charge in [0.1, 0.15) is 11.5 Å². The van der Waals surface area contributed by atoms with Gasteiger partial charge in [-0.15, -0.1) is 11.6 Å². The summed E-state index contributed by atoms with van der Waals surface area (Å²) >= 11 is 6.70.